The zero-order valence-corrected chi connectivity index (χ0v) is 9.30. The summed E-state index contributed by atoms with van der Waals surface area (Å²) in [4.78, 5) is 0. The van der Waals surface area contributed by atoms with Gasteiger partial charge in [0.05, 0.1) is 6.61 Å². The van der Waals surface area contributed by atoms with Crippen LogP contribution in [0.1, 0.15) is 40.5 Å². The Balaban J connectivity index is 4.18. The molecule has 0 aromatic heterocycles. The maximum atomic E-state index is 8.77. The molecular weight excluding hydrogens is 160 g/mol. The minimum absolute atomic E-state index is 0.164. The van der Waals surface area contributed by atoms with Gasteiger partial charge in [0.2, 0.25) is 0 Å². The summed E-state index contributed by atoms with van der Waals surface area (Å²) in [5.41, 5.74) is 2.68. The topological polar surface area (TPSA) is 20.2 Å². The molecule has 0 aliphatic carbocycles. The average molecular weight is 182 g/mol. The molecule has 0 aromatic rings. The van der Waals surface area contributed by atoms with E-state index < -0.39 is 0 Å². The predicted octanol–water partition coefficient (Wildman–Crippen LogP) is 3.31. The van der Waals surface area contributed by atoms with Crippen molar-refractivity contribution < 1.29 is 5.11 Å². The van der Waals surface area contributed by atoms with Crippen molar-refractivity contribution in [3.05, 3.63) is 23.3 Å². The SMILES string of the molecule is CCC(CC=C(C)C)/C(C)=C/CO. The van der Waals surface area contributed by atoms with Crippen LogP contribution in [0, 0.1) is 5.92 Å². The molecule has 0 rings (SSSR count). The number of aliphatic hydroxyl groups is 1. The third kappa shape index (κ3) is 5.64. The molecule has 0 aromatic carbocycles. The molecule has 76 valence electrons. The molecule has 0 spiro atoms. The maximum Gasteiger partial charge on any atom is 0.0615 e. The van der Waals surface area contributed by atoms with Crippen molar-refractivity contribution in [2.24, 2.45) is 5.92 Å². The van der Waals surface area contributed by atoms with Gasteiger partial charge in [0.1, 0.15) is 0 Å². The summed E-state index contributed by atoms with van der Waals surface area (Å²) in [5.74, 6) is 0.599. The lowest BCUT2D eigenvalue weighted by molar-refractivity contribution is 0.340. The highest BCUT2D eigenvalue weighted by molar-refractivity contribution is 5.06. The van der Waals surface area contributed by atoms with Crippen LogP contribution in [0.2, 0.25) is 0 Å². The highest BCUT2D eigenvalue weighted by atomic mass is 16.2. The summed E-state index contributed by atoms with van der Waals surface area (Å²) in [6.07, 6.45) is 6.42. The second-order valence-electron chi connectivity index (χ2n) is 3.75. The summed E-state index contributed by atoms with van der Waals surface area (Å²) >= 11 is 0. The second-order valence-corrected chi connectivity index (χ2v) is 3.75. The van der Waals surface area contributed by atoms with Gasteiger partial charge in [-0.15, -0.1) is 0 Å². The van der Waals surface area contributed by atoms with Gasteiger partial charge in [-0.05, 0) is 39.5 Å². The Bertz CT molecular complexity index is 185. The van der Waals surface area contributed by atoms with Crippen LogP contribution in [0.15, 0.2) is 23.3 Å². The van der Waals surface area contributed by atoms with E-state index in [4.69, 9.17) is 5.11 Å². The first-order valence-corrected chi connectivity index (χ1v) is 5.02. The molecule has 1 nitrogen and oxygen atoms in total. The number of aliphatic hydroxyl groups excluding tert-OH is 1. The van der Waals surface area contributed by atoms with Crippen molar-refractivity contribution >= 4 is 0 Å². The van der Waals surface area contributed by atoms with Crippen LogP contribution < -0.4 is 0 Å². The molecule has 1 heteroatoms. The van der Waals surface area contributed by atoms with Crippen LogP contribution in [0.3, 0.4) is 0 Å². The van der Waals surface area contributed by atoms with Crippen molar-refractivity contribution in [1.29, 1.82) is 0 Å². The maximum absolute atomic E-state index is 8.77. The minimum atomic E-state index is 0.164. The molecule has 0 aliphatic rings. The Morgan fingerprint density at radius 3 is 2.23 bits per heavy atom. The normalized spacial score (nSPS) is 14.1. The molecule has 1 atom stereocenters. The number of hydrogen-bond donors (Lipinski definition) is 1. The molecule has 0 saturated heterocycles. The average Bonchev–Trinajstić information content (AvgIpc) is 2.05. The predicted molar refractivity (Wildman–Crippen MR) is 58.7 cm³/mol. The Morgan fingerprint density at radius 2 is 1.85 bits per heavy atom. The van der Waals surface area contributed by atoms with Gasteiger partial charge in [0, 0.05) is 0 Å². The van der Waals surface area contributed by atoms with Crippen molar-refractivity contribution in [1.82, 2.24) is 0 Å². The van der Waals surface area contributed by atoms with E-state index in [9.17, 15) is 0 Å². The molecule has 0 amide bonds. The lowest BCUT2D eigenvalue weighted by Crippen LogP contribution is -2.00. The van der Waals surface area contributed by atoms with Gasteiger partial charge in [0.15, 0.2) is 0 Å². The smallest absolute Gasteiger partial charge is 0.0615 e. The van der Waals surface area contributed by atoms with E-state index in [1.54, 1.807) is 0 Å². The van der Waals surface area contributed by atoms with E-state index in [0.717, 1.165) is 12.8 Å². The fraction of sp³-hybridized carbons (Fsp3) is 0.667. The van der Waals surface area contributed by atoms with E-state index in [-0.39, 0.29) is 6.61 Å². The second kappa shape index (κ2) is 6.90. The van der Waals surface area contributed by atoms with Gasteiger partial charge < -0.3 is 5.11 Å². The van der Waals surface area contributed by atoms with Gasteiger partial charge in [-0.2, -0.15) is 0 Å². The van der Waals surface area contributed by atoms with Crippen LogP contribution >= 0.6 is 0 Å². The zero-order valence-electron chi connectivity index (χ0n) is 9.30. The fourth-order valence-electron chi connectivity index (χ4n) is 1.36. The third-order valence-corrected chi connectivity index (χ3v) is 2.36. The van der Waals surface area contributed by atoms with E-state index in [2.05, 4.69) is 33.8 Å². The van der Waals surface area contributed by atoms with Crippen LogP contribution in [-0.2, 0) is 0 Å². The van der Waals surface area contributed by atoms with Crippen molar-refractivity contribution in [3.63, 3.8) is 0 Å². The summed E-state index contributed by atoms with van der Waals surface area (Å²) in [6, 6.07) is 0. The summed E-state index contributed by atoms with van der Waals surface area (Å²) < 4.78 is 0. The molecular formula is C12H22O. The van der Waals surface area contributed by atoms with Crippen molar-refractivity contribution in [2.75, 3.05) is 6.61 Å². The standard InChI is InChI=1S/C12H22O/c1-5-12(7-6-10(2)3)11(4)8-9-13/h6,8,12-13H,5,7,9H2,1-4H3/b11-8+. The Morgan fingerprint density at radius 1 is 1.23 bits per heavy atom. The van der Waals surface area contributed by atoms with Crippen LogP contribution in [0.5, 0.6) is 0 Å². The molecule has 13 heavy (non-hydrogen) atoms. The molecule has 0 heterocycles. The molecule has 1 N–H and O–H groups in total. The van der Waals surface area contributed by atoms with Crippen LogP contribution in [0.25, 0.3) is 0 Å². The van der Waals surface area contributed by atoms with Crippen molar-refractivity contribution in [3.8, 4) is 0 Å². The van der Waals surface area contributed by atoms with Gasteiger partial charge >= 0.3 is 0 Å². The van der Waals surface area contributed by atoms with E-state index >= 15 is 0 Å². The summed E-state index contributed by atoms with van der Waals surface area (Å²) in [6.45, 7) is 8.70. The minimum Gasteiger partial charge on any atom is -0.392 e. The van der Waals surface area contributed by atoms with Gasteiger partial charge in [-0.1, -0.05) is 30.2 Å². The third-order valence-electron chi connectivity index (χ3n) is 2.36. The first-order valence-electron chi connectivity index (χ1n) is 5.02. The highest BCUT2D eigenvalue weighted by Gasteiger charge is 2.05. The quantitative estimate of drug-likeness (QED) is 0.647. The fourth-order valence-corrected chi connectivity index (χ4v) is 1.36. The van der Waals surface area contributed by atoms with E-state index in [1.807, 2.05) is 6.08 Å². The number of hydrogen-bond acceptors (Lipinski definition) is 1. The molecule has 1 unspecified atom stereocenters. The van der Waals surface area contributed by atoms with E-state index in [1.165, 1.54) is 11.1 Å². The largest absolute Gasteiger partial charge is 0.392 e. The van der Waals surface area contributed by atoms with Crippen LogP contribution in [-0.4, -0.2) is 11.7 Å². The van der Waals surface area contributed by atoms with Gasteiger partial charge in [0.25, 0.3) is 0 Å². The highest BCUT2D eigenvalue weighted by Crippen LogP contribution is 2.19. The Labute approximate surface area is 82.2 Å². The van der Waals surface area contributed by atoms with Gasteiger partial charge in [-0.25, -0.2) is 0 Å². The first kappa shape index (κ1) is 12.4. The molecule has 0 saturated carbocycles. The van der Waals surface area contributed by atoms with Gasteiger partial charge in [-0.3, -0.25) is 0 Å². The van der Waals surface area contributed by atoms with Crippen LogP contribution in [0.4, 0.5) is 0 Å². The van der Waals surface area contributed by atoms with E-state index in [0.29, 0.717) is 5.92 Å². The lowest BCUT2D eigenvalue weighted by atomic mass is 9.93. The molecule has 0 aliphatic heterocycles. The summed E-state index contributed by atoms with van der Waals surface area (Å²) in [7, 11) is 0. The number of allylic oxidation sites excluding steroid dienone is 3. The molecule has 0 bridgehead atoms. The van der Waals surface area contributed by atoms with Crippen molar-refractivity contribution in [2.45, 2.75) is 40.5 Å². The first-order chi connectivity index (χ1) is 6.11. The monoisotopic (exact) mass is 182 g/mol. The lowest BCUT2D eigenvalue weighted by Gasteiger charge is -2.13. The number of rotatable bonds is 5. The zero-order chi connectivity index (χ0) is 10.3. The Hall–Kier alpha value is -0.560. The summed E-state index contributed by atoms with van der Waals surface area (Å²) in [5, 5.41) is 8.77. The molecule has 0 fully saturated rings. The Kier molecular flexibility index (Phi) is 6.61. The molecule has 0 radical (unpaired) electrons.